The number of piperazine rings is 1. The highest BCUT2D eigenvalue weighted by atomic mass is 35.5. The van der Waals surface area contributed by atoms with Gasteiger partial charge in [0.1, 0.15) is 5.75 Å². The summed E-state index contributed by atoms with van der Waals surface area (Å²) in [5, 5.41) is 3.52. The highest BCUT2D eigenvalue weighted by molar-refractivity contribution is 5.85. The number of fused-ring (bicyclic) bond motifs is 1. The van der Waals surface area contributed by atoms with Gasteiger partial charge < -0.3 is 14.8 Å². The molecule has 5 nitrogen and oxygen atoms in total. The predicted octanol–water partition coefficient (Wildman–Crippen LogP) is 3.20. The smallest absolute Gasteiger partial charge is 0.119 e. The molecular weight excluding hydrogens is 409 g/mol. The van der Waals surface area contributed by atoms with Crippen molar-refractivity contribution in [2.24, 2.45) is 5.92 Å². The summed E-state index contributed by atoms with van der Waals surface area (Å²) >= 11 is 0. The molecule has 4 rings (SSSR count). The quantitative estimate of drug-likeness (QED) is 0.696. The number of ether oxygens (including phenoxy) is 2. The highest BCUT2D eigenvalue weighted by Crippen LogP contribution is 2.25. The number of rotatable bonds is 7. The second kappa shape index (κ2) is 12.3. The molecule has 1 aromatic carbocycles. The molecule has 3 fully saturated rings. The third kappa shape index (κ3) is 6.71. The van der Waals surface area contributed by atoms with Crippen molar-refractivity contribution >= 4 is 24.8 Å². The predicted molar refractivity (Wildman–Crippen MR) is 123 cm³/mol. The van der Waals surface area contributed by atoms with Crippen LogP contribution in [0.5, 0.6) is 5.75 Å². The summed E-state index contributed by atoms with van der Waals surface area (Å²) in [4.78, 5) is 5.21. The van der Waals surface area contributed by atoms with Crippen molar-refractivity contribution in [2.75, 3.05) is 53.0 Å². The van der Waals surface area contributed by atoms with E-state index in [2.05, 4.69) is 39.4 Å². The zero-order valence-electron chi connectivity index (χ0n) is 17.6. The first-order chi connectivity index (χ1) is 13.3. The molecule has 3 aliphatic rings. The van der Waals surface area contributed by atoms with E-state index in [9.17, 15) is 0 Å². The molecule has 0 aromatic heterocycles. The van der Waals surface area contributed by atoms with Crippen molar-refractivity contribution in [2.45, 2.75) is 44.3 Å². The standard InChI is InChI=1S/C22H35N3O2.2ClH/c1-26-17-21-5-3-10-24(21)14-18-4-2-6-22(12-18)27-16-19-7-8-20-13-23-9-11-25(20)15-19;;/h2,4,6,12,19-21,23H,3,5,7-11,13-17H2,1H3;2*1H/t19-,20-,21?;;/m1../s1. The van der Waals surface area contributed by atoms with E-state index < -0.39 is 0 Å². The number of nitrogens with one attached hydrogen (secondary N) is 1. The summed E-state index contributed by atoms with van der Waals surface area (Å²) in [6.07, 6.45) is 5.11. The van der Waals surface area contributed by atoms with Gasteiger partial charge in [-0.05, 0) is 49.9 Å². The average Bonchev–Trinajstić information content (AvgIpc) is 3.13. The van der Waals surface area contributed by atoms with Gasteiger partial charge in [0.2, 0.25) is 0 Å². The van der Waals surface area contributed by atoms with Gasteiger partial charge >= 0.3 is 0 Å². The van der Waals surface area contributed by atoms with Crippen LogP contribution in [0.2, 0.25) is 0 Å². The Hall–Kier alpha value is -0.560. The van der Waals surface area contributed by atoms with Gasteiger partial charge in [-0.25, -0.2) is 0 Å². The lowest BCUT2D eigenvalue weighted by molar-refractivity contribution is 0.0649. The molecule has 0 amide bonds. The fraction of sp³-hybridized carbons (Fsp3) is 0.727. The minimum Gasteiger partial charge on any atom is -0.493 e. The van der Waals surface area contributed by atoms with Crippen LogP contribution in [0.4, 0.5) is 0 Å². The average molecular weight is 446 g/mol. The number of piperidine rings is 1. The lowest BCUT2D eigenvalue weighted by Gasteiger charge is -2.42. The molecule has 1 unspecified atom stereocenters. The van der Waals surface area contributed by atoms with Crippen LogP contribution in [-0.4, -0.2) is 74.9 Å². The van der Waals surface area contributed by atoms with E-state index in [1.165, 1.54) is 50.9 Å². The van der Waals surface area contributed by atoms with Crippen molar-refractivity contribution in [3.8, 4) is 5.75 Å². The summed E-state index contributed by atoms with van der Waals surface area (Å²) < 4.78 is 11.6. The van der Waals surface area contributed by atoms with Crippen molar-refractivity contribution < 1.29 is 9.47 Å². The maximum atomic E-state index is 6.22. The van der Waals surface area contributed by atoms with Crippen LogP contribution < -0.4 is 10.1 Å². The van der Waals surface area contributed by atoms with Crippen molar-refractivity contribution in [3.63, 3.8) is 0 Å². The molecule has 3 heterocycles. The van der Waals surface area contributed by atoms with Gasteiger partial charge in [-0.1, -0.05) is 12.1 Å². The number of benzene rings is 1. The molecule has 7 heteroatoms. The fourth-order valence-electron chi connectivity index (χ4n) is 4.98. The van der Waals surface area contributed by atoms with Gasteiger partial charge in [-0.3, -0.25) is 9.80 Å². The van der Waals surface area contributed by atoms with E-state index in [0.29, 0.717) is 12.0 Å². The van der Waals surface area contributed by atoms with E-state index in [4.69, 9.17) is 9.47 Å². The molecule has 0 bridgehead atoms. The van der Waals surface area contributed by atoms with Crippen LogP contribution in [0.1, 0.15) is 31.2 Å². The summed E-state index contributed by atoms with van der Waals surface area (Å²) in [6, 6.07) is 10.0. The zero-order valence-corrected chi connectivity index (χ0v) is 19.2. The van der Waals surface area contributed by atoms with E-state index in [-0.39, 0.29) is 24.8 Å². The maximum Gasteiger partial charge on any atom is 0.119 e. The Balaban J connectivity index is 0.00000150. The molecule has 0 radical (unpaired) electrons. The van der Waals surface area contributed by atoms with E-state index in [1.807, 2.05) is 0 Å². The summed E-state index contributed by atoms with van der Waals surface area (Å²) in [7, 11) is 1.80. The van der Waals surface area contributed by atoms with E-state index in [0.717, 1.165) is 44.6 Å². The lowest BCUT2D eigenvalue weighted by atomic mass is 9.92. The van der Waals surface area contributed by atoms with Gasteiger partial charge in [0, 0.05) is 57.8 Å². The fourth-order valence-corrected chi connectivity index (χ4v) is 4.98. The van der Waals surface area contributed by atoms with Crippen molar-refractivity contribution in [1.29, 1.82) is 0 Å². The third-order valence-corrected chi connectivity index (χ3v) is 6.50. The van der Waals surface area contributed by atoms with Gasteiger partial charge in [-0.15, -0.1) is 24.8 Å². The van der Waals surface area contributed by atoms with Gasteiger partial charge in [0.05, 0.1) is 13.2 Å². The van der Waals surface area contributed by atoms with Gasteiger partial charge in [-0.2, -0.15) is 0 Å². The number of methoxy groups -OCH3 is 1. The second-order valence-corrected chi connectivity index (χ2v) is 8.48. The van der Waals surface area contributed by atoms with Crippen molar-refractivity contribution in [3.05, 3.63) is 29.8 Å². The number of likely N-dealkylation sites (tertiary alicyclic amines) is 1. The minimum absolute atomic E-state index is 0. The lowest BCUT2D eigenvalue weighted by Crippen LogP contribution is -2.55. The first-order valence-electron chi connectivity index (χ1n) is 10.7. The third-order valence-electron chi connectivity index (χ3n) is 6.50. The largest absolute Gasteiger partial charge is 0.493 e. The number of halogens is 2. The van der Waals surface area contributed by atoms with Crippen LogP contribution in [-0.2, 0) is 11.3 Å². The van der Waals surface area contributed by atoms with Crippen LogP contribution in [0.3, 0.4) is 0 Å². The molecule has 166 valence electrons. The minimum atomic E-state index is 0. The Morgan fingerprint density at radius 3 is 2.86 bits per heavy atom. The van der Waals surface area contributed by atoms with Gasteiger partial charge in [0.25, 0.3) is 0 Å². The summed E-state index contributed by atoms with van der Waals surface area (Å²) in [6.45, 7) is 8.53. The number of hydrogen-bond acceptors (Lipinski definition) is 5. The Bertz CT molecular complexity index is 607. The molecule has 1 aromatic rings. The Labute approximate surface area is 188 Å². The zero-order chi connectivity index (χ0) is 18.5. The van der Waals surface area contributed by atoms with Crippen LogP contribution in [0.25, 0.3) is 0 Å². The van der Waals surface area contributed by atoms with Gasteiger partial charge in [0.15, 0.2) is 0 Å². The number of hydrogen-bond donors (Lipinski definition) is 1. The maximum absolute atomic E-state index is 6.22. The number of nitrogens with zero attached hydrogens (tertiary/aromatic N) is 2. The summed E-state index contributed by atoms with van der Waals surface area (Å²) in [5.41, 5.74) is 1.35. The SMILES string of the molecule is COCC1CCCN1Cc1cccc(OC[C@@H]2CC[C@@H]3CNCCN3C2)c1.Cl.Cl. The molecule has 3 aliphatic heterocycles. The Kier molecular flexibility index (Phi) is 10.5. The normalized spacial score (nSPS) is 27.6. The molecule has 1 N–H and O–H groups in total. The van der Waals surface area contributed by atoms with Crippen molar-refractivity contribution in [1.82, 2.24) is 15.1 Å². The van der Waals surface area contributed by atoms with E-state index >= 15 is 0 Å². The summed E-state index contributed by atoms with van der Waals surface area (Å²) in [5.74, 6) is 1.69. The Morgan fingerprint density at radius 1 is 1.10 bits per heavy atom. The molecular formula is C22H37Cl2N3O2. The Morgan fingerprint density at radius 2 is 2.00 bits per heavy atom. The monoisotopic (exact) mass is 445 g/mol. The van der Waals surface area contributed by atoms with Crippen LogP contribution >= 0.6 is 24.8 Å². The molecule has 3 saturated heterocycles. The van der Waals surface area contributed by atoms with Crippen LogP contribution in [0.15, 0.2) is 24.3 Å². The molecule has 0 spiro atoms. The molecule has 0 aliphatic carbocycles. The molecule has 29 heavy (non-hydrogen) atoms. The van der Waals surface area contributed by atoms with Crippen LogP contribution in [0, 0.1) is 5.92 Å². The first-order valence-corrected chi connectivity index (χ1v) is 10.7. The highest BCUT2D eigenvalue weighted by Gasteiger charge is 2.30. The molecule has 3 atom stereocenters. The van der Waals surface area contributed by atoms with E-state index in [1.54, 1.807) is 7.11 Å². The molecule has 0 saturated carbocycles. The first kappa shape index (κ1) is 24.7. The topological polar surface area (TPSA) is 37.0 Å². The second-order valence-electron chi connectivity index (χ2n) is 8.48.